The van der Waals surface area contributed by atoms with Crippen molar-refractivity contribution < 1.29 is 41.3 Å². The quantitative estimate of drug-likeness (QED) is 0.299. The lowest BCUT2D eigenvalue weighted by Crippen LogP contribution is -2.00. The minimum Gasteiger partial charge on any atom is -0.508 e. The molecule has 0 atom stereocenters. The number of fused-ring (bicyclic) bond motifs is 1. The first-order chi connectivity index (χ1) is 13.4. The van der Waals surface area contributed by atoms with E-state index < -0.39 is 41.5 Å². The van der Waals surface area contributed by atoms with Gasteiger partial charge in [-0.25, -0.2) is 0 Å². The molecule has 0 radical (unpaired) electrons. The molecule has 0 aliphatic rings. The number of rotatable bonds is 4. The minimum absolute atomic E-state index is 0.0440. The van der Waals surface area contributed by atoms with Crippen molar-refractivity contribution in [3.8, 4) is 17.2 Å². The normalized spacial score (nSPS) is 12.6. The molecule has 3 aromatic carbocycles. The lowest BCUT2D eigenvalue weighted by molar-refractivity contribution is 0.450. The summed E-state index contributed by atoms with van der Waals surface area (Å²) in [5.41, 5.74) is -0.757. The Labute approximate surface area is 163 Å². The zero-order valence-corrected chi connectivity index (χ0v) is 15.8. The van der Waals surface area contributed by atoms with E-state index in [0.29, 0.717) is 0 Å². The largest absolute Gasteiger partial charge is 0.508 e. The van der Waals surface area contributed by atoms with Crippen LogP contribution in [0.2, 0.25) is 0 Å². The molecule has 0 unspecified atom stereocenters. The third kappa shape index (κ3) is 4.27. The van der Waals surface area contributed by atoms with Gasteiger partial charge in [-0.15, -0.1) is 5.11 Å². The van der Waals surface area contributed by atoms with Crippen molar-refractivity contribution in [3.63, 3.8) is 0 Å². The van der Waals surface area contributed by atoms with Gasteiger partial charge in [-0.1, -0.05) is 0 Å². The van der Waals surface area contributed by atoms with Crippen LogP contribution in [0.4, 0.5) is 11.4 Å². The second-order valence-corrected chi connectivity index (χ2v) is 8.62. The van der Waals surface area contributed by atoms with Crippen molar-refractivity contribution in [1.82, 2.24) is 0 Å². The molecule has 5 N–H and O–H groups in total. The standard InChI is InChI=1S/C16H12N2O9S2/c19-10-5-9(6-11(20)7-10)17-18-15-14(29(25,26)27)4-8-3-12(28(22,23)24)1-2-13(8)16(15)21/h1-7,19-21H,(H,22,23,24)(H,25,26,27). The third-order valence-corrected chi connectivity index (χ3v) is 5.47. The van der Waals surface area contributed by atoms with Crippen molar-refractivity contribution in [1.29, 1.82) is 0 Å². The maximum atomic E-state index is 11.7. The van der Waals surface area contributed by atoms with Crippen molar-refractivity contribution in [2.75, 3.05) is 0 Å². The highest BCUT2D eigenvalue weighted by atomic mass is 32.2. The van der Waals surface area contributed by atoms with Gasteiger partial charge in [-0.3, -0.25) is 9.11 Å². The monoisotopic (exact) mass is 440 g/mol. The predicted molar refractivity (Wildman–Crippen MR) is 99.2 cm³/mol. The van der Waals surface area contributed by atoms with Crippen LogP contribution < -0.4 is 0 Å². The Hall–Kier alpha value is -3.26. The van der Waals surface area contributed by atoms with E-state index >= 15 is 0 Å². The van der Waals surface area contributed by atoms with Gasteiger partial charge in [0, 0.05) is 23.6 Å². The summed E-state index contributed by atoms with van der Waals surface area (Å²) >= 11 is 0. The van der Waals surface area contributed by atoms with Crippen LogP contribution in [0.5, 0.6) is 17.2 Å². The number of nitrogens with zero attached hydrogens (tertiary/aromatic N) is 2. The van der Waals surface area contributed by atoms with Gasteiger partial charge in [0.1, 0.15) is 22.1 Å². The van der Waals surface area contributed by atoms with Crippen LogP contribution in [-0.2, 0) is 20.2 Å². The molecular formula is C16H12N2O9S2. The lowest BCUT2D eigenvalue weighted by atomic mass is 10.1. The molecule has 0 aliphatic carbocycles. The highest BCUT2D eigenvalue weighted by Crippen LogP contribution is 2.42. The van der Waals surface area contributed by atoms with E-state index in [1.165, 1.54) is 0 Å². The molecular weight excluding hydrogens is 428 g/mol. The first-order valence-electron chi connectivity index (χ1n) is 7.56. The maximum absolute atomic E-state index is 11.7. The Kier molecular flexibility index (Phi) is 4.92. The van der Waals surface area contributed by atoms with Crippen LogP contribution >= 0.6 is 0 Å². The Bertz CT molecular complexity index is 1360. The van der Waals surface area contributed by atoms with Gasteiger partial charge < -0.3 is 15.3 Å². The fraction of sp³-hybridized carbons (Fsp3) is 0. The number of benzene rings is 3. The number of phenolic OH excluding ortho intramolecular Hbond substituents is 3. The molecule has 11 nitrogen and oxygen atoms in total. The summed E-state index contributed by atoms with van der Waals surface area (Å²) < 4.78 is 64.6. The summed E-state index contributed by atoms with van der Waals surface area (Å²) in [6.45, 7) is 0. The summed E-state index contributed by atoms with van der Waals surface area (Å²) in [5.74, 6) is -1.45. The Balaban J connectivity index is 2.27. The topological polar surface area (TPSA) is 194 Å². The molecule has 3 rings (SSSR count). The first kappa shape index (κ1) is 20.5. The molecule has 152 valence electrons. The Morgan fingerprint density at radius 1 is 0.724 bits per heavy atom. The number of hydrogen-bond donors (Lipinski definition) is 5. The van der Waals surface area contributed by atoms with E-state index in [4.69, 9.17) is 4.55 Å². The molecule has 0 fully saturated rings. The van der Waals surface area contributed by atoms with Crippen LogP contribution in [-0.4, -0.2) is 41.3 Å². The Morgan fingerprint density at radius 2 is 1.34 bits per heavy atom. The first-order valence-corrected chi connectivity index (χ1v) is 10.4. The van der Waals surface area contributed by atoms with Crippen molar-refractivity contribution in [2.45, 2.75) is 9.79 Å². The third-order valence-electron chi connectivity index (χ3n) is 3.75. The molecule has 3 aromatic rings. The van der Waals surface area contributed by atoms with Gasteiger partial charge in [0.05, 0.1) is 10.6 Å². The highest BCUT2D eigenvalue weighted by molar-refractivity contribution is 7.86. The van der Waals surface area contributed by atoms with E-state index in [2.05, 4.69) is 10.2 Å². The van der Waals surface area contributed by atoms with Crippen LogP contribution in [0.25, 0.3) is 10.8 Å². The second-order valence-electron chi connectivity index (χ2n) is 5.81. The number of hydrogen-bond acceptors (Lipinski definition) is 9. The van der Waals surface area contributed by atoms with E-state index in [0.717, 1.165) is 42.5 Å². The summed E-state index contributed by atoms with van der Waals surface area (Å²) in [6, 6.07) is 7.00. The van der Waals surface area contributed by atoms with Gasteiger partial charge in [0.25, 0.3) is 20.2 Å². The molecule has 0 bridgehead atoms. The van der Waals surface area contributed by atoms with Crippen LogP contribution in [0, 0.1) is 0 Å². The van der Waals surface area contributed by atoms with Crippen molar-refractivity contribution >= 4 is 42.4 Å². The van der Waals surface area contributed by atoms with Gasteiger partial charge in [-0.05, 0) is 29.7 Å². The average Bonchev–Trinajstić information content (AvgIpc) is 2.58. The second kappa shape index (κ2) is 6.97. The zero-order chi connectivity index (χ0) is 21.6. The molecule has 29 heavy (non-hydrogen) atoms. The molecule has 0 spiro atoms. The highest BCUT2D eigenvalue weighted by Gasteiger charge is 2.23. The number of azo groups is 1. The van der Waals surface area contributed by atoms with Crippen LogP contribution in [0.15, 0.2) is 62.5 Å². The van der Waals surface area contributed by atoms with Gasteiger partial charge in [0.2, 0.25) is 0 Å². The fourth-order valence-electron chi connectivity index (χ4n) is 2.53. The summed E-state index contributed by atoms with van der Waals surface area (Å²) in [5, 5.41) is 36.4. The molecule has 0 aliphatic heterocycles. The fourth-order valence-corrected chi connectivity index (χ4v) is 3.70. The molecule has 0 saturated heterocycles. The van der Waals surface area contributed by atoms with E-state index in [9.17, 15) is 36.7 Å². The lowest BCUT2D eigenvalue weighted by Gasteiger charge is -2.09. The van der Waals surface area contributed by atoms with E-state index in [-0.39, 0.29) is 28.0 Å². The Morgan fingerprint density at radius 3 is 1.90 bits per heavy atom. The van der Waals surface area contributed by atoms with Gasteiger partial charge in [0.15, 0.2) is 5.75 Å². The number of phenols is 3. The summed E-state index contributed by atoms with van der Waals surface area (Å²) in [6.07, 6.45) is 0. The number of aromatic hydroxyl groups is 3. The zero-order valence-electron chi connectivity index (χ0n) is 14.1. The smallest absolute Gasteiger partial charge is 0.296 e. The predicted octanol–water partition coefficient (Wildman–Crippen LogP) is 2.87. The van der Waals surface area contributed by atoms with Crippen LogP contribution in [0.1, 0.15) is 0 Å². The molecule has 0 saturated carbocycles. The minimum atomic E-state index is -4.94. The van der Waals surface area contributed by atoms with Crippen molar-refractivity contribution in [2.24, 2.45) is 10.2 Å². The van der Waals surface area contributed by atoms with Crippen molar-refractivity contribution in [3.05, 3.63) is 42.5 Å². The molecule has 0 amide bonds. The molecule has 0 heterocycles. The molecule has 13 heteroatoms. The van der Waals surface area contributed by atoms with Gasteiger partial charge >= 0.3 is 0 Å². The SMILES string of the molecule is O=S(=O)(O)c1ccc2c(O)c(N=Nc3cc(O)cc(O)c3)c(S(=O)(=O)O)cc2c1. The summed E-state index contributed by atoms with van der Waals surface area (Å²) in [7, 11) is -9.54. The van der Waals surface area contributed by atoms with Gasteiger partial charge in [-0.2, -0.15) is 21.9 Å². The van der Waals surface area contributed by atoms with E-state index in [1.807, 2.05) is 0 Å². The molecule has 0 aromatic heterocycles. The van der Waals surface area contributed by atoms with E-state index in [1.54, 1.807) is 0 Å². The maximum Gasteiger partial charge on any atom is 0.296 e. The average molecular weight is 440 g/mol. The van der Waals surface area contributed by atoms with Crippen LogP contribution in [0.3, 0.4) is 0 Å². The summed E-state index contributed by atoms with van der Waals surface area (Å²) in [4.78, 5) is -1.45.